The van der Waals surface area contributed by atoms with Crippen molar-refractivity contribution in [2.75, 3.05) is 0 Å². The van der Waals surface area contributed by atoms with Crippen molar-refractivity contribution in [3.05, 3.63) is 65.5 Å². The lowest BCUT2D eigenvalue weighted by atomic mass is 10.1. The summed E-state index contributed by atoms with van der Waals surface area (Å²) >= 11 is 0. The first-order valence-corrected chi connectivity index (χ1v) is 8.05. The van der Waals surface area contributed by atoms with E-state index in [1.165, 1.54) is 17.7 Å². The maximum absolute atomic E-state index is 13.9. The number of ether oxygens (including phenoxy) is 1. The molecule has 0 aliphatic heterocycles. The van der Waals surface area contributed by atoms with E-state index in [1.807, 2.05) is 31.2 Å². The predicted molar refractivity (Wildman–Crippen MR) is 91.0 cm³/mol. The largest absolute Gasteiger partial charge is 0.457 e. The van der Waals surface area contributed by atoms with E-state index in [1.54, 1.807) is 12.1 Å². The van der Waals surface area contributed by atoms with Crippen molar-refractivity contribution in [3.8, 4) is 11.5 Å². The minimum atomic E-state index is -0.790. The third-order valence-corrected chi connectivity index (χ3v) is 3.51. The molecule has 2 aromatic rings. The van der Waals surface area contributed by atoms with Gasteiger partial charge in [-0.15, -0.1) is 0 Å². The summed E-state index contributed by atoms with van der Waals surface area (Å²) in [6.45, 7) is 3.96. The van der Waals surface area contributed by atoms with Crippen LogP contribution in [0, 0.1) is 0 Å². The average molecular weight is 316 g/mol. The summed E-state index contributed by atoms with van der Waals surface area (Å²) in [6, 6.07) is 14.3. The second-order valence-electron chi connectivity index (χ2n) is 5.49. The van der Waals surface area contributed by atoms with Gasteiger partial charge in [-0.05, 0) is 54.8 Å². The number of aryl methyl sites for hydroxylation is 1. The molecule has 0 spiro atoms. The molecule has 0 aliphatic rings. The summed E-state index contributed by atoms with van der Waals surface area (Å²) in [6.07, 6.45) is 2.85. The molecule has 0 atom stereocenters. The third-order valence-electron chi connectivity index (χ3n) is 3.51. The van der Waals surface area contributed by atoms with E-state index in [9.17, 15) is 8.78 Å². The Morgan fingerprint density at radius 1 is 0.826 bits per heavy atom. The molecule has 0 bridgehead atoms. The number of benzene rings is 2. The maximum atomic E-state index is 13.9. The molecule has 0 fully saturated rings. The smallest absolute Gasteiger partial charge is 0.161 e. The average Bonchev–Trinajstić information content (AvgIpc) is 2.57. The van der Waals surface area contributed by atoms with Gasteiger partial charge in [0, 0.05) is 12.0 Å². The lowest BCUT2D eigenvalue weighted by Crippen LogP contribution is -1.88. The van der Waals surface area contributed by atoms with E-state index < -0.39 is 11.7 Å². The first kappa shape index (κ1) is 17.2. The topological polar surface area (TPSA) is 9.23 Å². The molecule has 0 heterocycles. The molecule has 2 rings (SSSR count). The Bertz CT molecular complexity index is 642. The summed E-state index contributed by atoms with van der Waals surface area (Å²) in [5, 5.41) is 0. The zero-order chi connectivity index (χ0) is 16.7. The molecule has 122 valence electrons. The molecule has 23 heavy (non-hydrogen) atoms. The van der Waals surface area contributed by atoms with Crippen LogP contribution in [0.15, 0.2) is 54.4 Å². The molecule has 2 aromatic carbocycles. The Hall–Kier alpha value is -2.16. The molecule has 0 amide bonds. The van der Waals surface area contributed by atoms with Crippen molar-refractivity contribution in [2.45, 2.75) is 39.5 Å². The first-order valence-electron chi connectivity index (χ1n) is 8.05. The van der Waals surface area contributed by atoms with Gasteiger partial charge in [0.25, 0.3) is 0 Å². The van der Waals surface area contributed by atoms with E-state index in [2.05, 4.69) is 6.92 Å². The van der Waals surface area contributed by atoms with Crippen molar-refractivity contribution >= 4 is 5.83 Å². The Balaban J connectivity index is 2.06. The molecule has 0 N–H and O–H groups in total. The van der Waals surface area contributed by atoms with Crippen LogP contribution in [-0.2, 0) is 6.42 Å². The quantitative estimate of drug-likeness (QED) is 0.543. The molecule has 0 saturated carbocycles. The lowest BCUT2D eigenvalue weighted by molar-refractivity contribution is 0.482. The van der Waals surface area contributed by atoms with Crippen molar-refractivity contribution in [2.24, 2.45) is 0 Å². The fraction of sp³-hybridized carbons (Fsp3) is 0.300. The van der Waals surface area contributed by atoms with Crippen LogP contribution in [0.2, 0.25) is 0 Å². The number of hydrogen-bond acceptors (Lipinski definition) is 1. The van der Waals surface area contributed by atoms with E-state index in [4.69, 9.17) is 4.74 Å². The van der Waals surface area contributed by atoms with Crippen molar-refractivity contribution in [1.82, 2.24) is 0 Å². The molecule has 0 saturated heterocycles. The molecular formula is C20H22F2O. The van der Waals surface area contributed by atoms with Gasteiger partial charge < -0.3 is 4.74 Å². The summed E-state index contributed by atoms with van der Waals surface area (Å²) in [5.74, 6) is -0.165. The van der Waals surface area contributed by atoms with Gasteiger partial charge in [0.2, 0.25) is 0 Å². The zero-order valence-electron chi connectivity index (χ0n) is 13.6. The van der Waals surface area contributed by atoms with E-state index in [-0.39, 0.29) is 12.0 Å². The van der Waals surface area contributed by atoms with Gasteiger partial charge >= 0.3 is 0 Å². The van der Waals surface area contributed by atoms with Crippen LogP contribution in [0.5, 0.6) is 11.5 Å². The number of halogens is 2. The fourth-order valence-electron chi connectivity index (χ4n) is 2.30. The highest BCUT2D eigenvalue weighted by Gasteiger charge is 2.08. The van der Waals surface area contributed by atoms with Crippen LogP contribution >= 0.6 is 0 Å². The van der Waals surface area contributed by atoms with Gasteiger partial charge in [0.15, 0.2) is 5.83 Å². The van der Waals surface area contributed by atoms with Gasteiger partial charge in [-0.25, -0.2) is 8.78 Å². The van der Waals surface area contributed by atoms with Crippen molar-refractivity contribution in [3.63, 3.8) is 0 Å². The number of allylic oxidation sites excluding steroid dienone is 1. The standard InChI is InChI=1S/C20H22F2O/c1-3-5-15-7-11-17(12-8-15)23-18-13-9-16(10-14-18)20(22)19(21)6-4-2/h7-14H,3-6H2,1-2H3/b20-19+. The Morgan fingerprint density at radius 2 is 1.39 bits per heavy atom. The van der Waals surface area contributed by atoms with Crippen LogP contribution in [0.25, 0.3) is 5.83 Å². The lowest BCUT2D eigenvalue weighted by Gasteiger charge is -2.07. The molecular weight excluding hydrogens is 294 g/mol. The van der Waals surface area contributed by atoms with Crippen LogP contribution in [0.1, 0.15) is 44.2 Å². The Morgan fingerprint density at radius 3 is 1.91 bits per heavy atom. The monoisotopic (exact) mass is 316 g/mol. The molecule has 3 heteroatoms. The highest BCUT2D eigenvalue weighted by atomic mass is 19.2. The van der Waals surface area contributed by atoms with Gasteiger partial charge in [-0.1, -0.05) is 32.4 Å². The molecule has 0 radical (unpaired) electrons. The Labute approximate surface area is 136 Å². The Kier molecular flexibility index (Phi) is 6.33. The minimum Gasteiger partial charge on any atom is -0.457 e. The van der Waals surface area contributed by atoms with Gasteiger partial charge in [-0.3, -0.25) is 0 Å². The minimum absolute atomic E-state index is 0.119. The normalized spacial score (nSPS) is 12.0. The predicted octanol–water partition coefficient (Wildman–Crippen LogP) is 6.84. The SMILES string of the molecule is CCC/C(F)=C(\F)c1ccc(Oc2ccc(CCC)cc2)cc1. The van der Waals surface area contributed by atoms with E-state index in [0.717, 1.165) is 18.6 Å². The van der Waals surface area contributed by atoms with Crippen molar-refractivity contribution in [1.29, 1.82) is 0 Å². The highest BCUT2D eigenvalue weighted by molar-refractivity contribution is 5.61. The molecule has 1 nitrogen and oxygen atoms in total. The van der Waals surface area contributed by atoms with Crippen LogP contribution in [0.4, 0.5) is 8.78 Å². The third kappa shape index (κ3) is 4.92. The summed E-state index contributed by atoms with van der Waals surface area (Å²) in [4.78, 5) is 0. The summed E-state index contributed by atoms with van der Waals surface area (Å²) < 4.78 is 33.1. The summed E-state index contributed by atoms with van der Waals surface area (Å²) in [7, 11) is 0. The fourth-order valence-corrected chi connectivity index (χ4v) is 2.30. The zero-order valence-corrected chi connectivity index (χ0v) is 13.6. The second kappa shape index (κ2) is 8.47. The number of rotatable bonds is 7. The van der Waals surface area contributed by atoms with Gasteiger partial charge in [0.05, 0.1) is 0 Å². The van der Waals surface area contributed by atoms with Gasteiger partial charge in [-0.2, -0.15) is 0 Å². The molecule has 0 aliphatic carbocycles. The highest BCUT2D eigenvalue weighted by Crippen LogP contribution is 2.28. The van der Waals surface area contributed by atoms with Gasteiger partial charge in [0.1, 0.15) is 17.3 Å². The second-order valence-corrected chi connectivity index (χ2v) is 5.49. The summed E-state index contributed by atoms with van der Waals surface area (Å²) in [5.41, 5.74) is 1.51. The van der Waals surface area contributed by atoms with E-state index in [0.29, 0.717) is 12.2 Å². The van der Waals surface area contributed by atoms with E-state index >= 15 is 0 Å². The van der Waals surface area contributed by atoms with Crippen LogP contribution in [-0.4, -0.2) is 0 Å². The van der Waals surface area contributed by atoms with Crippen LogP contribution < -0.4 is 4.74 Å². The first-order chi connectivity index (χ1) is 11.1. The van der Waals surface area contributed by atoms with Crippen LogP contribution in [0.3, 0.4) is 0 Å². The maximum Gasteiger partial charge on any atom is 0.161 e. The van der Waals surface area contributed by atoms with Crippen molar-refractivity contribution < 1.29 is 13.5 Å². The molecule has 0 aromatic heterocycles. The molecule has 0 unspecified atom stereocenters. The number of hydrogen-bond donors (Lipinski definition) is 0.